The van der Waals surface area contributed by atoms with Crippen LogP contribution in [0.3, 0.4) is 0 Å². The molecule has 2 heterocycles. The van der Waals surface area contributed by atoms with E-state index in [-0.39, 0.29) is 11.1 Å². The van der Waals surface area contributed by atoms with Crippen molar-refractivity contribution in [2.75, 3.05) is 5.75 Å². The lowest BCUT2D eigenvalue weighted by Gasteiger charge is -2.35. The molecule has 0 aromatic rings. The van der Waals surface area contributed by atoms with Gasteiger partial charge < -0.3 is 20.5 Å². The van der Waals surface area contributed by atoms with Crippen molar-refractivity contribution in [3.8, 4) is 0 Å². The zero-order valence-electron chi connectivity index (χ0n) is 16.2. The van der Waals surface area contributed by atoms with E-state index in [0.29, 0.717) is 23.6 Å². The normalized spacial score (nSPS) is 24.6. The van der Waals surface area contributed by atoms with Crippen LogP contribution >= 0.6 is 11.8 Å². The Morgan fingerprint density at radius 1 is 1.46 bits per heavy atom. The molecule has 2 aliphatic rings. The molecule has 0 saturated carbocycles. The second kappa shape index (κ2) is 10.3. The average molecular weight is 405 g/mol. The van der Waals surface area contributed by atoms with E-state index < -0.39 is 11.8 Å². The number of unbranched alkanes of at least 4 members (excludes halogenated alkanes) is 1. The van der Waals surface area contributed by atoms with Gasteiger partial charge in [-0.3, -0.25) is 9.59 Å². The molecule has 152 valence electrons. The van der Waals surface area contributed by atoms with Crippen LogP contribution in [0.2, 0.25) is 0 Å². The molecule has 0 unspecified atom stereocenters. The Balaban J connectivity index is 2.16. The van der Waals surface area contributed by atoms with Gasteiger partial charge >= 0.3 is 0 Å². The summed E-state index contributed by atoms with van der Waals surface area (Å²) in [6, 6.07) is -0.593. The van der Waals surface area contributed by atoms with Gasteiger partial charge in [-0.15, -0.1) is 13.2 Å². The highest BCUT2D eigenvalue weighted by Gasteiger charge is 2.44. The highest BCUT2D eigenvalue weighted by molar-refractivity contribution is 8.14. The highest BCUT2D eigenvalue weighted by atomic mass is 32.2. The maximum atomic E-state index is 12.3. The molecule has 2 rings (SSSR count). The van der Waals surface area contributed by atoms with Gasteiger partial charge in [0.1, 0.15) is 11.8 Å². The van der Waals surface area contributed by atoms with Crippen molar-refractivity contribution in [3.05, 3.63) is 60.6 Å². The van der Waals surface area contributed by atoms with Crippen LogP contribution in [0.25, 0.3) is 0 Å². The van der Waals surface area contributed by atoms with Crippen molar-refractivity contribution in [2.24, 2.45) is 0 Å². The van der Waals surface area contributed by atoms with E-state index in [1.165, 1.54) is 12.2 Å². The van der Waals surface area contributed by atoms with E-state index in [2.05, 4.69) is 23.8 Å². The van der Waals surface area contributed by atoms with Crippen LogP contribution in [0.1, 0.15) is 39.0 Å². The van der Waals surface area contributed by atoms with Gasteiger partial charge in [-0.05, 0) is 38.7 Å². The number of hydrogen-bond donors (Lipinski definition) is 3. The van der Waals surface area contributed by atoms with Crippen LogP contribution in [0, 0.1) is 0 Å². The number of nitrogens with one attached hydrogen (secondary N) is 2. The Morgan fingerprint density at radius 2 is 2.21 bits per heavy atom. The molecule has 0 spiro atoms. The minimum Gasteiger partial charge on any atom is -0.461 e. The lowest BCUT2D eigenvalue weighted by atomic mass is 10.0. The quantitative estimate of drug-likeness (QED) is 0.294. The molecule has 2 amide bonds. The minimum atomic E-state index is -1.71. The number of thioether (sulfide) groups is 1. The third-order valence-electron chi connectivity index (χ3n) is 4.37. The van der Waals surface area contributed by atoms with Crippen molar-refractivity contribution in [3.63, 3.8) is 0 Å². The summed E-state index contributed by atoms with van der Waals surface area (Å²) in [6.07, 6.45) is 12.1. The summed E-state index contributed by atoms with van der Waals surface area (Å²) in [4.78, 5) is 23.9. The van der Waals surface area contributed by atoms with Crippen molar-refractivity contribution >= 4 is 22.9 Å². The van der Waals surface area contributed by atoms with E-state index >= 15 is 0 Å². The van der Waals surface area contributed by atoms with Crippen molar-refractivity contribution in [2.45, 2.75) is 50.9 Å². The fraction of sp³-hybridized carbons (Fsp3) is 0.429. The van der Waals surface area contributed by atoms with Crippen molar-refractivity contribution in [1.29, 1.82) is 0 Å². The number of hydrogen-bond acceptors (Lipinski definition) is 5. The molecule has 28 heavy (non-hydrogen) atoms. The monoisotopic (exact) mass is 404 g/mol. The largest absolute Gasteiger partial charge is 0.461 e. The smallest absolute Gasteiger partial charge is 0.279 e. The van der Waals surface area contributed by atoms with Gasteiger partial charge in [-0.25, -0.2) is 0 Å². The molecule has 2 aliphatic heterocycles. The maximum absolute atomic E-state index is 12.3. The fourth-order valence-electron chi connectivity index (χ4n) is 2.91. The van der Waals surface area contributed by atoms with Crippen molar-refractivity contribution < 1.29 is 19.4 Å². The first-order valence-electron chi connectivity index (χ1n) is 9.34. The van der Waals surface area contributed by atoms with Gasteiger partial charge in [0.15, 0.2) is 0 Å². The molecular weight excluding hydrogens is 376 g/mol. The van der Waals surface area contributed by atoms with Crippen LogP contribution in [-0.4, -0.2) is 33.8 Å². The van der Waals surface area contributed by atoms with Crippen LogP contribution in [0.5, 0.6) is 0 Å². The molecule has 1 saturated heterocycles. The number of rotatable bonds is 10. The summed E-state index contributed by atoms with van der Waals surface area (Å²) >= 11 is 1.09. The van der Waals surface area contributed by atoms with E-state index in [4.69, 9.17) is 4.74 Å². The first-order chi connectivity index (χ1) is 13.4. The number of ether oxygens (including phenoxy) is 1. The summed E-state index contributed by atoms with van der Waals surface area (Å²) in [5, 5.41) is 16.3. The lowest BCUT2D eigenvalue weighted by Crippen LogP contribution is -2.52. The van der Waals surface area contributed by atoms with Crippen LogP contribution in [0.4, 0.5) is 4.79 Å². The summed E-state index contributed by atoms with van der Waals surface area (Å²) in [5.41, 5.74) is 1.39. The fourth-order valence-corrected chi connectivity index (χ4v) is 3.77. The summed E-state index contributed by atoms with van der Waals surface area (Å²) in [6.45, 7) is 9.27. The maximum Gasteiger partial charge on any atom is 0.279 e. The zero-order chi connectivity index (χ0) is 20.6. The van der Waals surface area contributed by atoms with Gasteiger partial charge in [-0.2, -0.15) is 0 Å². The molecule has 0 aromatic carbocycles. The molecule has 3 N–H and O–H groups in total. The highest BCUT2D eigenvalue weighted by Crippen LogP contribution is 2.32. The number of allylic oxidation sites excluding steroid dienone is 5. The van der Waals surface area contributed by atoms with Gasteiger partial charge in [0, 0.05) is 30.0 Å². The molecule has 1 fully saturated rings. The van der Waals surface area contributed by atoms with Gasteiger partial charge in [0.25, 0.3) is 11.0 Å². The predicted molar refractivity (Wildman–Crippen MR) is 112 cm³/mol. The third-order valence-corrected chi connectivity index (χ3v) is 5.25. The van der Waals surface area contributed by atoms with Crippen LogP contribution in [0.15, 0.2) is 60.6 Å². The molecule has 6 nitrogen and oxygen atoms in total. The number of amides is 2. The molecule has 0 radical (unpaired) electrons. The second-order valence-electron chi connectivity index (χ2n) is 6.85. The Labute approximate surface area is 170 Å². The zero-order valence-corrected chi connectivity index (χ0v) is 17.0. The molecular formula is C21H28N2O4S. The van der Waals surface area contributed by atoms with E-state index in [9.17, 15) is 14.7 Å². The van der Waals surface area contributed by atoms with E-state index in [0.717, 1.165) is 43.0 Å². The molecule has 0 aromatic heterocycles. The summed E-state index contributed by atoms with van der Waals surface area (Å²) < 4.78 is 5.80. The Morgan fingerprint density at radius 3 is 2.86 bits per heavy atom. The Hall–Kier alpha value is -2.25. The molecule has 7 heteroatoms. The third kappa shape index (κ3) is 6.42. The SMILES string of the molecule is C=CCCCC1=CC(NC(=O)/C=C(/C)CCC=C)=C[C@](O)([C@@H]2CSC(=O)N2)O1. The first-order valence-corrected chi connectivity index (χ1v) is 10.3. The predicted octanol–water partition coefficient (Wildman–Crippen LogP) is 3.68. The van der Waals surface area contributed by atoms with Crippen LogP contribution in [-0.2, 0) is 9.53 Å². The van der Waals surface area contributed by atoms with Crippen molar-refractivity contribution in [1.82, 2.24) is 10.6 Å². The number of aliphatic hydroxyl groups is 1. The van der Waals surface area contributed by atoms with E-state index in [1.807, 2.05) is 19.1 Å². The molecule has 0 bridgehead atoms. The lowest BCUT2D eigenvalue weighted by molar-refractivity contribution is -0.157. The topological polar surface area (TPSA) is 87.7 Å². The van der Waals surface area contributed by atoms with Gasteiger partial charge in [-0.1, -0.05) is 29.5 Å². The Kier molecular flexibility index (Phi) is 8.14. The summed E-state index contributed by atoms with van der Waals surface area (Å²) in [7, 11) is 0. The Bertz CT molecular complexity index is 726. The number of carbonyl (C=O) groups is 2. The van der Waals surface area contributed by atoms with Gasteiger partial charge in [0.2, 0.25) is 5.91 Å². The second-order valence-corrected chi connectivity index (χ2v) is 7.84. The van der Waals surface area contributed by atoms with Crippen LogP contribution < -0.4 is 10.6 Å². The first kappa shape index (κ1) is 22.0. The minimum absolute atomic E-state index is 0.204. The average Bonchev–Trinajstić information content (AvgIpc) is 3.07. The molecule has 0 aliphatic carbocycles. The standard InChI is InChI=1S/C21H28N2O4S/c1-4-6-8-10-17-12-16(22-19(24)11-15(3)9-7-5-2)13-21(26,27-17)18-14-28-20(25)23-18/h4-5,11-13,18,26H,1-2,6-10,14H2,3H3,(H,22,24)(H,23,25)/b15-11-/t18-,21+/m0/s1. The molecule has 2 atom stereocenters. The van der Waals surface area contributed by atoms with E-state index in [1.54, 1.807) is 6.08 Å². The van der Waals surface area contributed by atoms with Gasteiger partial charge in [0.05, 0.1) is 0 Å². The number of carbonyl (C=O) groups excluding carboxylic acids is 2. The summed E-state index contributed by atoms with van der Waals surface area (Å²) in [5.74, 6) is -1.04.